The van der Waals surface area contributed by atoms with Crippen LogP contribution in [0.3, 0.4) is 0 Å². The first-order valence-electron chi connectivity index (χ1n) is 20.7. The minimum Gasteiger partial charge on any atom is -0.394 e. The zero-order valence-corrected chi connectivity index (χ0v) is 34.2. The van der Waals surface area contributed by atoms with Crippen LogP contribution < -0.4 is 22.9 Å². The predicted octanol–water partition coefficient (Wildman–Crippen LogP) is -10.6. The molecule has 6 rings (SSSR count). The lowest BCUT2D eigenvalue weighted by molar-refractivity contribution is -0.312. The molecule has 26 nitrogen and oxygen atoms in total. The fourth-order valence-electron chi connectivity index (χ4n) is 8.70. The van der Waals surface area contributed by atoms with Crippen molar-refractivity contribution in [2.45, 2.75) is 186 Å². The van der Waals surface area contributed by atoms with Crippen molar-refractivity contribution >= 4 is 0 Å². The highest BCUT2D eigenvalue weighted by atomic mass is 16.7. The van der Waals surface area contributed by atoms with Gasteiger partial charge in [-0.2, -0.15) is 0 Å². The van der Waals surface area contributed by atoms with Gasteiger partial charge >= 0.3 is 0 Å². The van der Waals surface area contributed by atoms with Gasteiger partial charge in [-0.3, -0.25) is 0 Å². The maximum absolute atomic E-state index is 10.9. The van der Waals surface area contributed by atoms with Gasteiger partial charge in [-0.15, -0.1) is 0 Å². The first-order valence-corrected chi connectivity index (χ1v) is 20.7. The monoisotopic (exact) mass is 908 g/mol. The zero-order chi connectivity index (χ0) is 46.1. The van der Waals surface area contributed by atoms with Crippen molar-refractivity contribution in [1.82, 2.24) is 0 Å². The smallest absolute Gasteiger partial charge is 0.187 e. The van der Waals surface area contributed by atoms with E-state index in [1.807, 2.05) is 0 Å². The Labute approximate surface area is 356 Å². The molecule has 4 aliphatic heterocycles. The normalized spacial score (nSPS) is 53.6. The molecule has 10 unspecified atom stereocenters. The molecule has 0 aromatic carbocycles. The molecule has 22 N–H and O–H groups in total. The van der Waals surface area contributed by atoms with Crippen LogP contribution in [0.1, 0.15) is 26.7 Å². The van der Waals surface area contributed by atoms with E-state index in [-0.39, 0.29) is 11.8 Å². The Balaban J connectivity index is 0.000000234. The summed E-state index contributed by atoms with van der Waals surface area (Å²) in [5.41, 5.74) is 24.2. The second-order valence-electron chi connectivity index (χ2n) is 17.1. The van der Waals surface area contributed by atoms with E-state index < -0.39 is 186 Å². The van der Waals surface area contributed by atoms with Gasteiger partial charge < -0.3 is 132 Å². The largest absolute Gasteiger partial charge is 0.394 e. The van der Waals surface area contributed by atoms with E-state index in [2.05, 4.69) is 0 Å². The van der Waals surface area contributed by atoms with Crippen LogP contribution in [-0.2, 0) is 37.9 Å². The van der Waals surface area contributed by atoms with Crippen molar-refractivity contribution in [3.63, 3.8) is 0 Å². The Bertz CT molecular complexity index is 1370. The molecule has 2 aliphatic carbocycles. The second-order valence-corrected chi connectivity index (χ2v) is 17.1. The lowest BCUT2D eigenvalue weighted by Gasteiger charge is -2.47. The number of rotatable bonds is 12. The van der Waals surface area contributed by atoms with Crippen molar-refractivity contribution in [3.05, 3.63) is 0 Å². The molecule has 364 valence electrons. The predicted molar refractivity (Wildman–Crippen MR) is 202 cm³/mol. The number of aliphatic hydroxyl groups is 14. The van der Waals surface area contributed by atoms with Crippen molar-refractivity contribution < 1.29 is 109 Å². The van der Waals surface area contributed by atoms with Crippen LogP contribution >= 0.6 is 0 Å². The molecular formula is C36H68N4O22. The van der Waals surface area contributed by atoms with Crippen molar-refractivity contribution in [2.75, 3.05) is 26.4 Å². The quantitative estimate of drug-likeness (QED) is 0.0864. The Kier molecular flexibility index (Phi) is 18.6. The number of aliphatic hydroxyl groups excluding tert-OH is 14. The molecule has 0 amide bonds. The molecule has 0 aromatic heterocycles. The fraction of sp³-hybridized carbons (Fsp3) is 1.00. The van der Waals surface area contributed by atoms with Crippen LogP contribution in [0.25, 0.3) is 0 Å². The van der Waals surface area contributed by atoms with Crippen LogP contribution in [0.2, 0.25) is 0 Å². The summed E-state index contributed by atoms with van der Waals surface area (Å²) in [5.74, 6) is -0.597. The molecule has 2 saturated carbocycles. The highest BCUT2D eigenvalue weighted by Crippen LogP contribution is 2.36. The van der Waals surface area contributed by atoms with Crippen LogP contribution in [0.4, 0.5) is 0 Å². The molecule has 0 bridgehead atoms. The molecule has 4 saturated heterocycles. The lowest BCUT2D eigenvalue weighted by atomic mass is 9.80. The average molecular weight is 909 g/mol. The molecule has 26 heteroatoms. The third-order valence-corrected chi connectivity index (χ3v) is 12.6. The van der Waals surface area contributed by atoms with Gasteiger partial charge in [-0.1, -0.05) is 13.8 Å². The molecule has 0 radical (unpaired) electrons. The minimum atomic E-state index is -1.48. The molecule has 0 spiro atoms. The lowest BCUT2D eigenvalue weighted by Crippen LogP contribution is -2.66. The maximum Gasteiger partial charge on any atom is 0.187 e. The number of hydrogen-bond acceptors (Lipinski definition) is 26. The summed E-state index contributed by atoms with van der Waals surface area (Å²) in [7, 11) is 0. The van der Waals surface area contributed by atoms with Crippen molar-refractivity contribution in [2.24, 2.45) is 34.8 Å². The standard InChI is InChI=1S/2C18H34N2O11/c1-5-2-6(19)16(31-17-9(20)12(25)10(23)7(3-21)28-17)14(27)15(5)30-18-13(26)11(24)8(4-22)29-18;1-5-2-6(19)15(30-17-9(20)13(26)11(24)7(3-21)28-17)16(10(5)23)31-18-14(27)12(25)8(4-22)29-18/h2*5-18,21-27H,2-4,19-20H2,1H3/t5-,6?,7?,8-,9?,10-,11+,12-,13?,14-,15?,16-,17-,18+;5-,6?,7?,8-,9?,10?,11-,12+,13-,14?,15-,16-,17-,18+/m11/s1. The molecule has 62 heavy (non-hydrogen) atoms. The second kappa shape index (κ2) is 22.2. The summed E-state index contributed by atoms with van der Waals surface area (Å²) < 4.78 is 44.7. The average Bonchev–Trinajstić information content (AvgIpc) is 3.68. The summed E-state index contributed by atoms with van der Waals surface area (Å²) in [6.45, 7) is 1.28. The summed E-state index contributed by atoms with van der Waals surface area (Å²) in [5, 5.41) is 139. The SMILES string of the molecule is C[C@@H]1CC(N)[C@@H](O[C@H]2OC(CO)[C@@H](O)[C@H](O)C2N)[C@H](O)C1O[C@@H]1O[C@H](CO)[C@H](O)C1O.C[C@@H]1CC(N)[C@@H](O[C@H]2OC(CO)[C@@H](O)[C@H](O)C2N)[C@H](O[C@@H]2O[C@H](CO)[C@H](O)C2O)C1O. The van der Waals surface area contributed by atoms with Crippen LogP contribution in [-0.4, -0.2) is 257 Å². The molecular weight excluding hydrogens is 840 g/mol. The Morgan fingerprint density at radius 3 is 1.11 bits per heavy atom. The van der Waals surface area contributed by atoms with Crippen LogP contribution in [0.15, 0.2) is 0 Å². The molecule has 4 heterocycles. The van der Waals surface area contributed by atoms with Crippen molar-refractivity contribution in [3.8, 4) is 0 Å². The fourth-order valence-corrected chi connectivity index (χ4v) is 8.70. The van der Waals surface area contributed by atoms with Crippen molar-refractivity contribution in [1.29, 1.82) is 0 Å². The van der Waals surface area contributed by atoms with E-state index in [4.69, 9.17) is 60.8 Å². The van der Waals surface area contributed by atoms with Gasteiger partial charge in [-0.05, 0) is 24.7 Å². The van der Waals surface area contributed by atoms with Gasteiger partial charge in [0.2, 0.25) is 0 Å². The van der Waals surface area contributed by atoms with Gasteiger partial charge in [-0.25, -0.2) is 0 Å². The summed E-state index contributed by atoms with van der Waals surface area (Å²) in [6, 6.07) is -3.69. The number of ether oxygens (including phenoxy) is 8. The summed E-state index contributed by atoms with van der Waals surface area (Å²) >= 11 is 0. The van der Waals surface area contributed by atoms with E-state index in [0.717, 1.165) is 0 Å². The first kappa shape index (κ1) is 51.9. The van der Waals surface area contributed by atoms with Gasteiger partial charge in [0.05, 0.1) is 50.7 Å². The Morgan fingerprint density at radius 1 is 0.371 bits per heavy atom. The van der Waals surface area contributed by atoms with Crippen LogP contribution in [0, 0.1) is 11.8 Å². The van der Waals surface area contributed by atoms with E-state index in [1.165, 1.54) is 0 Å². The zero-order valence-electron chi connectivity index (χ0n) is 34.2. The molecule has 6 fully saturated rings. The summed E-state index contributed by atoms with van der Waals surface area (Å²) in [6.07, 6.45) is -26.8. The molecule has 28 atom stereocenters. The molecule has 6 aliphatic rings. The first-order chi connectivity index (χ1) is 29.2. The Morgan fingerprint density at radius 2 is 0.694 bits per heavy atom. The van der Waals surface area contributed by atoms with E-state index in [0.29, 0.717) is 12.8 Å². The maximum atomic E-state index is 10.9. The van der Waals surface area contributed by atoms with Gasteiger partial charge in [0.1, 0.15) is 97.7 Å². The van der Waals surface area contributed by atoms with Gasteiger partial charge in [0.15, 0.2) is 25.2 Å². The number of nitrogens with two attached hydrogens (primary N) is 4. The van der Waals surface area contributed by atoms with Crippen LogP contribution in [0.5, 0.6) is 0 Å². The minimum absolute atomic E-state index is 0.287. The third kappa shape index (κ3) is 10.9. The molecule has 0 aromatic rings. The van der Waals surface area contributed by atoms with E-state index in [9.17, 15) is 71.5 Å². The van der Waals surface area contributed by atoms with Gasteiger partial charge in [0.25, 0.3) is 0 Å². The summed E-state index contributed by atoms with van der Waals surface area (Å²) in [4.78, 5) is 0. The van der Waals surface area contributed by atoms with Gasteiger partial charge in [0, 0.05) is 12.1 Å². The topological polar surface area (TPSA) is 461 Å². The van der Waals surface area contributed by atoms with E-state index in [1.54, 1.807) is 13.8 Å². The van der Waals surface area contributed by atoms with E-state index >= 15 is 0 Å². The Hall–Kier alpha value is -1.04. The highest BCUT2D eigenvalue weighted by molar-refractivity contribution is 5.01. The third-order valence-electron chi connectivity index (χ3n) is 12.6. The number of hydrogen-bond donors (Lipinski definition) is 18. The highest BCUT2D eigenvalue weighted by Gasteiger charge is 2.54.